The van der Waals surface area contributed by atoms with Crippen molar-refractivity contribution in [2.24, 2.45) is 0 Å². The van der Waals surface area contributed by atoms with Crippen LogP contribution < -0.4 is 16.0 Å². The van der Waals surface area contributed by atoms with Gasteiger partial charge in [-0.05, 0) is 87.9 Å². The van der Waals surface area contributed by atoms with Crippen molar-refractivity contribution in [2.75, 3.05) is 38.7 Å². The number of Topliss-reactive ketones (excluding diaryl/α,β-unsaturated/α-hetero) is 1. The molecule has 0 fully saturated rings. The molecule has 8 bridgehead atoms. The Bertz CT molecular complexity index is 2460. The largest absolute Gasteiger partial charge is 0.469 e. The van der Waals surface area contributed by atoms with Crippen molar-refractivity contribution in [3.8, 4) is 0 Å². The molecule has 7 N–H and O–H groups in total. The van der Waals surface area contributed by atoms with E-state index in [1.54, 1.807) is 13.1 Å². The van der Waals surface area contributed by atoms with Gasteiger partial charge in [-0.3, -0.25) is 29.1 Å². The van der Waals surface area contributed by atoms with Crippen LogP contribution in [-0.2, 0) is 20.7 Å². The molecule has 4 aromatic rings. The number of esters is 1. The Morgan fingerprint density at radius 1 is 0.871 bits per heavy atom. The predicted molar refractivity (Wildman–Crippen MR) is 238 cm³/mol. The molecule has 0 aliphatic carbocycles. The Hall–Kier alpha value is -5.93. The molecule has 0 aromatic carbocycles. The maximum absolute atomic E-state index is 14.5. The third kappa shape index (κ3) is 10.1. The number of pyridine rings is 1. The fourth-order valence-corrected chi connectivity index (χ4v) is 8.74. The maximum atomic E-state index is 14.5. The number of carbonyl (C=O) groups excluding carboxylic acids is 4. The maximum Gasteiger partial charge on any atom is 0.310 e. The number of hydrogen-bond acceptors (Lipinski definition) is 11. The zero-order valence-corrected chi connectivity index (χ0v) is 36.8. The van der Waals surface area contributed by atoms with E-state index in [4.69, 9.17) is 14.7 Å². The van der Waals surface area contributed by atoms with E-state index in [1.807, 2.05) is 57.2 Å². The van der Waals surface area contributed by atoms with Gasteiger partial charge in [0.1, 0.15) is 5.82 Å². The topological polar surface area (TPSA) is 224 Å². The van der Waals surface area contributed by atoms with Crippen LogP contribution in [-0.4, -0.2) is 98.2 Å². The van der Waals surface area contributed by atoms with Crippen LogP contribution in [0.3, 0.4) is 0 Å². The highest BCUT2D eigenvalue weighted by Gasteiger charge is 2.34. The first-order chi connectivity index (χ1) is 29.8. The monoisotopic (exact) mass is 848 g/mol. The number of anilines is 1. The summed E-state index contributed by atoms with van der Waals surface area (Å²) in [5, 5.41) is 28.3. The number of fused-ring (bicyclic) bond motifs is 8. The van der Waals surface area contributed by atoms with Gasteiger partial charge in [0.2, 0.25) is 5.91 Å². The van der Waals surface area contributed by atoms with E-state index in [0.29, 0.717) is 81.6 Å². The lowest BCUT2D eigenvalue weighted by Crippen LogP contribution is -2.34. The van der Waals surface area contributed by atoms with E-state index in [2.05, 4.69) is 44.7 Å². The first kappa shape index (κ1) is 45.6. The number of aromatic nitrogens is 5. The van der Waals surface area contributed by atoms with Crippen molar-refractivity contribution in [2.45, 2.75) is 110 Å². The van der Waals surface area contributed by atoms with E-state index in [9.17, 15) is 29.4 Å². The van der Waals surface area contributed by atoms with E-state index >= 15 is 0 Å². The molecule has 15 heteroatoms. The Labute approximate surface area is 361 Å². The van der Waals surface area contributed by atoms with Crippen LogP contribution in [0.4, 0.5) is 5.82 Å². The van der Waals surface area contributed by atoms with Gasteiger partial charge in [0.25, 0.3) is 5.91 Å². The molecule has 330 valence electrons. The summed E-state index contributed by atoms with van der Waals surface area (Å²) in [7, 11) is 1.31. The van der Waals surface area contributed by atoms with Crippen LogP contribution >= 0.6 is 0 Å². The molecule has 2 amide bonds. The minimum atomic E-state index is -1.09. The molecule has 4 aromatic heterocycles. The standard InChI is InChI=1S/C47H60N8O7/c1-8-31-25(2)34-22-39-43(29(6)57)27(4)36(53-39)20-35-26(3)32(14-15-41(59)51-23-30(58)24-56)45(54-35)33(19-42(60)62-7)46-44(28(5)37(55-46)21-38(31)52-34)47(61)50-18-12-11-17-49-40-13-9-10-16-48-40/h9-10,13,16,20-22,25-26,30-32,53,55-56,58H,8,11-12,14-15,17-19,23-24H2,1-7H3,(H,48,49)(H,50,61)(H,51,59)/t25-,26+,30?,31-,32+/m1/s1. The fourth-order valence-electron chi connectivity index (χ4n) is 8.74. The highest BCUT2D eigenvalue weighted by molar-refractivity contribution is 6.06. The summed E-state index contributed by atoms with van der Waals surface area (Å²) in [5.41, 5.74) is 8.15. The van der Waals surface area contributed by atoms with Crippen molar-refractivity contribution in [1.29, 1.82) is 0 Å². The predicted octanol–water partition coefficient (Wildman–Crippen LogP) is 6.30. The first-order valence-electron chi connectivity index (χ1n) is 21.6. The molecule has 0 radical (unpaired) electrons. The minimum Gasteiger partial charge on any atom is -0.469 e. The minimum absolute atomic E-state index is 0.0321. The Morgan fingerprint density at radius 2 is 1.55 bits per heavy atom. The van der Waals surface area contributed by atoms with Gasteiger partial charge >= 0.3 is 5.97 Å². The first-order valence-corrected chi connectivity index (χ1v) is 21.6. The van der Waals surface area contributed by atoms with E-state index in [0.717, 1.165) is 35.6 Å². The van der Waals surface area contributed by atoms with Gasteiger partial charge < -0.3 is 40.9 Å². The average Bonchev–Trinajstić information content (AvgIpc) is 3.95. The van der Waals surface area contributed by atoms with Gasteiger partial charge in [-0.25, -0.2) is 4.98 Å². The Morgan fingerprint density at radius 3 is 2.24 bits per heavy atom. The molecule has 0 saturated heterocycles. The molecule has 15 nitrogen and oxygen atoms in total. The van der Waals surface area contributed by atoms with Crippen molar-refractivity contribution < 1.29 is 34.1 Å². The van der Waals surface area contributed by atoms with Crippen LogP contribution in [0.25, 0.3) is 22.1 Å². The van der Waals surface area contributed by atoms with Crippen molar-refractivity contribution in [3.05, 3.63) is 93.2 Å². The van der Waals surface area contributed by atoms with Gasteiger partial charge in [-0.2, -0.15) is 0 Å². The molecule has 2 aliphatic rings. The molecular formula is C47H60N8O7. The summed E-state index contributed by atoms with van der Waals surface area (Å²) < 4.78 is 5.26. The number of rotatable bonds is 17. The van der Waals surface area contributed by atoms with Crippen LogP contribution in [0.15, 0.2) is 42.6 Å². The number of hydrogen-bond donors (Lipinski definition) is 7. The zero-order chi connectivity index (χ0) is 44.7. The van der Waals surface area contributed by atoms with E-state index in [-0.39, 0.29) is 54.7 Å². The second-order valence-electron chi connectivity index (χ2n) is 16.5. The summed E-state index contributed by atoms with van der Waals surface area (Å²) >= 11 is 0. The number of aliphatic hydroxyl groups excluding tert-OH is 2. The van der Waals surface area contributed by atoms with E-state index in [1.165, 1.54) is 7.11 Å². The van der Waals surface area contributed by atoms with Crippen LogP contribution in [0, 0.1) is 13.8 Å². The van der Waals surface area contributed by atoms with Gasteiger partial charge in [-0.1, -0.05) is 26.8 Å². The number of aromatic amines is 2. The lowest BCUT2D eigenvalue weighted by Gasteiger charge is -2.18. The van der Waals surface area contributed by atoms with Gasteiger partial charge in [0.05, 0.1) is 48.5 Å². The summed E-state index contributed by atoms with van der Waals surface area (Å²) in [6.07, 6.45) is 3.07. The van der Waals surface area contributed by atoms with Crippen LogP contribution in [0.5, 0.6) is 0 Å². The van der Waals surface area contributed by atoms with Crippen LogP contribution in [0.1, 0.15) is 144 Å². The number of ether oxygens (including phenoxy) is 1. The number of amides is 2. The number of nitrogens with zero attached hydrogens (tertiary/aromatic N) is 3. The Kier molecular flexibility index (Phi) is 14.9. The van der Waals surface area contributed by atoms with Crippen molar-refractivity contribution >= 4 is 51.5 Å². The summed E-state index contributed by atoms with van der Waals surface area (Å²) in [6, 6.07) is 11.5. The quantitative estimate of drug-likeness (QED) is 0.0355. The number of aryl methyl sites for hydroxylation is 2. The molecule has 1 unspecified atom stereocenters. The van der Waals surface area contributed by atoms with Crippen molar-refractivity contribution in [1.82, 2.24) is 35.6 Å². The van der Waals surface area contributed by atoms with Gasteiger partial charge in [0, 0.05) is 95.2 Å². The molecule has 6 rings (SSSR count). The number of methoxy groups -OCH3 is 1. The number of H-pyrrole nitrogens is 2. The zero-order valence-electron chi connectivity index (χ0n) is 36.8. The lowest BCUT2D eigenvalue weighted by atomic mass is 9.85. The van der Waals surface area contributed by atoms with Crippen molar-refractivity contribution in [3.63, 3.8) is 0 Å². The number of unbranched alkanes of at least 4 members (excludes halogenated alkanes) is 1. The molecule has 0 saturated carbocycles. The number of carbonyl (C=O) groups is 4. The SMILES string of the molecule is CC[C@H]1c2cc3[nH]c(c(CC(=O)OC)c4nc(cc5[nH]c(cc(n2)[C@@H]1C)c(C(C)=O)c5C)[C@@H](C)[C@@H]4CCC(=O)NCC(O)CO)c(C(=O)NCCCCNc1ccccn1)c3C. The normalized spacial score (nSPS) is 17.6. The number of nitrogens with one attached hydrogen (secondary N) is 5. The fraction of sp³-hybridized carbons (Fsp3) is 0.468. The second-order valence-corrected chi connectivity index (χ2v) is 16.5. The van der Waals surface area contributed by atoms with E-state index < -0.39 is 24.6 Å². The smallest absolute Gasteiger partial charge is 0.310 e. The Balaban J connectivity index is 1.56. The van der Waals surface area contributed by atoms with Gasteiger partial charge in [-0.15, -0.1) is 0 Å². The van der Waals surface area contributed by atoms with Gasteiger partial charge in [0.15, 0.2) is 5.78 Å². The highest BCUT2D eigenvalue weighted by Crippen LogP contribution is 2.43. The number of ketones is 1. The van der Waals surface area contributed by atoms with Crippen LogP contribution in [0.2, 0.25) is 0 Å². The molecular weight excluding hydrogens is 789 g/mol. The average molecular weight is 849 g/mol. The molecule has 62 heavy (non-hydrogen) atoms. The third-order valence-corrected chi connectivity index (χ3v) is 12.3. The second kappa shape index (κ2) is 20.3. The molecule has 0 spiro atoms. The summed E-state index contributed by atoms with van der Waals surface area (Å²) in [6.45, 7) is 12.1. The summed E-state index contributed by atoms with van der Waals surface area (Å²) in [4.78, 5) is 76.0. The summed E-state index contributed by atoms with van der Waals surface area (Å²) in [5.74, 6) is -1.07. The molecule has 6 heterocycles. The number of aliphatic hydroxyl groups is 2. The third-order valence-electron chi connectivity index (χ3n) is 12.3. The highest BCUT2D eigenvalue weighted by atomic mass is 16.5. The molecule has 2 aliphatic heterocycles. The lowest BCUT2D eigenvalue weighted by molar-refractivity contribution is -0.139. The molecule has 5 atom stereocenters.